The number of anilines is 1. The van der Waals surface area contributed by atoms with Gasteiger partial charge in [0.25, 0.3) is 0 Å². The minimum atomic E-state index is 0.105. The van der Waals surface area contributed by atoms with Crippen molar-refractivity contribution in [3.05, 3.63) is 65.4 Å². The Morgan fingerprint density at radius 1 is 1.04 bits per heavy atom. The Morgan fingerprint density at radius 3 is 2.48 bits per heavy atom. The molecule has 1 unspecified atom stereocenters. The molecule has 1 N–H and O–H groups in total. The summed E-state index contributed by atoms with van der Waals surface area (Å²) >= 11 is 0. The van der Waals surface area contributed by atoms with Crippen molar-refractivity contribution in [3.63, 3.8) is 0 Å². The molecule has 0 spiro atoms. The van der Waals surface area contributed by atoms with Crippen molar-refractivity contribution in [2.45, 2.75) is 25.7 Å². The average Bonchev–Trinajstić information content (AvgIpc) is 2.62. The Kier molecular flexibility index (Phi) is 5.08. The maximum atomic E-state index is 12.2. The number of allylic oxidation sites excluding steroid dienone is 2. The van der Waals surface area contributed by atoms with Gasteiger partial charge in [-0.25, -0.2) is 0 Å². The van der Waals surface area contributed by atoms with E-state index in [4.69, 9.17) is 9.47 Å². The number of carbonyl (C=O) groups is 1. The lowest BCUT2D eigenvalue weighted by Crippen LogP contribution is -2.17. The van der Waals surface area contributed by atoms with Crippen LogP contribution in [0.3, 0.4) is 0 Å². The third kappa shape index (κ3) is 4.02. The summed E-state index contributed by atoms with van der Waals surface area (Å²) in [6.45, 7) is 2.06. The van der Waals surface area contributed by atoms with Crippen molar-refractivity contribution >= 4 is 11.5 Å². The van der Waals surface area contributed by atoms with E-state index in [2.05, 4.69) is 42.6 Å². The van der Waals surface area contributed by atoms with Gasteiger partial charge >= 0.3 is 0 Å². The van der Waals surface area contributed by atoms with Crippen LogP contribution in [0.15, 0.2) is 54.2 Å². The van der Waals surface area contributed by atoms with Gasteiger partial charge < -0.3 is 14.8 Å². The van der Waals surface area contributed by atoms with E-state index in [-0.39, 0.29) is 11.7 Å². The number of Topliss-reactive ketones (excluding diaryl/α,β-unsaturated/α-hetero) is 1. The van der Waals surface area contributed by atoms with Crippen LogP contribution in [0.25, 0.3) is 0 Å². The Morgan fingerprint density at radius 2 is 1.80 bits per heavy atom. The molecule has 1 atom stereocenters. The van der Waals surface area contributed by atoms with E-state index < -0.39 is 0 Å². The Hall–Kier alpha value is -2.75. The first-order chi connectivity index (χ1) is 12.1. The molecule has 1 aliphatic rings. The number of hydrogen-bond donors (Lipinski definition) is 1. The summed E-state index contributed by atoms with van der Waals surface area (Å²) in [4.78, 5) is 12.2. The third-order valence-corrected chi connectivity index (χ3v) is 4.45. The first kappa shape index (κ1) is 17.1. The zero-order valence-electron chi connectivity index (χ0n) is 14.8. The van der Waals surface area contributed by atoms with Crippen LogP contribution < -0.4 is 14.8 Å². The van der Waals surface area contributed by atoms with Gasteiger partial charge in [0.05, 0.1) is 19.9 Å². The van der Waals surface area contributed by atoms with Crippen LogP contribution in [0.4, 0.5) is 5.69 Å². The molecule has 4 heteroatoms. The molecule has 0 aromatic heterocycles. The predicted octanol–water partition coefficient (Wildman–Crippen LogP) is 4.45. The van der Waals surface area contributed by atoms with Crippen molar-refractivity contribution in [2.24, 2.45) is 0 Å². The molecule has 0 saturated carbocycles. The molecule has 0 saturated heterocycles. The summed E-state index contributed by atoms with van der Waals surface area (Å²) < 4.78 is 10.7. The number of ether oxygens (including phenoxy) is 2. The molecule has 1 aliphatic carbocycles. The molecule has 0 bridgehead atoms. The maximum Gasteiger partial charge on any atom is 0.145 e. The molecule has 0 heterocycles. The largest absolute Gasteiger partial charge is 0.497 e. The number of rotatable bonds is 5. The molecule has 0 fully saturated rings. The molecule has 0 amide bonds. The predicted molar refractivity (Wildman–Crippen MR) is 99.4 cm³/mol. The monoisotopic (exact) mass is 337 g/mol. The molecule has 3 rings (SSSR count). The molecule has 4 nitrogen and oxygen atoms in total. The average molecular weight is 337 g/mol. The van der Waals surface area contributed by atoms with Crippen molar-refractivity contribution < 1.29 is 14.3 Å². The normalized spacial score (nSPS) is 17.0. The Labute approximate surface area is 148 Å². The highest BCUT2D eigenvalue weighted by molar-refractivity contribution is 5.84. The van der Waals surface area contributed by atoms with Gasteiger partial charge in [0.15, 0.2) is 0 Å². The SMILES string of the molecule is COc1ccc(NC2=CC(c3ccc(C)cc3)CC(=O)C2)c(OC)c1. The lowest BCUT2D eigenvalue weighted by molar-refractivity contribution is -0.118. The molecule has 2 aromatic carbocycles. The lowest BCUT2D eigenvalue weighted by Gasteiger charge is -2.23. The van der Waals surface area contributed by atoms with E-state index in [9.17, 15) is 4.79 Å². The second-order valence-electron chi connectivity index (χ2n) is 6.32. The van der Waals surface area contributed by atoms with Crippen LogP contribution in [0.5, 0.6) is 11.5 Å². The maximum absolute atomic E-state index is 12.2. The zero-order chi connectivity index (χ0) is 17.8. The Bertz CT molecular complexity index is 793. The minimum Gasteiger partial charge on any atom is -0.497 e. The molecule has 0 aliphatic heterocycles. The lowest BCUT2D eigenvalue weighted by atomic mass is 9.86. The number of nitrogens with one attached hydrogen (secondary N) is 1. The highest BCUT2D eigenvalue weighted by atomic mass is 16.5. The van der Waals surface area contributed by atoms with Gasteiger partial charge in [-0.3, -0.25) is 4.79 Å². The van der Waals surface area contributed by atoms with Gasteiger partial charge in [-0.1, -0.05) is 35.9 Å². The van der Waals surface area contributed by atoms with Crippen LogP contribution in [0.2, 0.25) is 0 Å². The summed E-state index contributed by atoms with van der Waals surface area (Å²) in [6.07, 6.45) is 3.11. The molecule has 130 valence electrons. The second kappa shape index (κ2) is 7.43. The van der Waals surface area contributed by atoms with Crippen LogP contribution >= 0.6 is 0 Å². The third-order valence-electron chi connectivity index (χ3n) is 4.45. The van der Waals surface area contributed by atoms with Gasteiger partial charge in [0.1, 0.15) is 17.3 Å². The van der Waals surface area contributed by atoms with Crippen LogP contribution in [0.1, 0.15) is 29.9 Å². The van der Waals surface area contributed by atoms with Gasteiger partial charge in [0, 0.05) is 30.5 Å². The standard InChI is InChI=1S/C21H23NO3/c1-14-4-6-15(7-5-14)16-10-17(12-18(23)11-16)22-20-9-8-19(24-2)13-21(20)25-3/h4-10,13,16,22H,11-12H2,1-3H3. The van der Waals surface area contributed by atoms with Crippen molar-refractivity contribution in [1.29, 1.82) is 0 Å². The van der Waals surface area contributed by atoms with Crippen molar-refractivity contribution in [1.82, 2.24) is 0 Å². The number of carbonyl (C=O) groups excluding carboxylic acids is 1. The quantitative estimate of drug-likeness (QED) is 0.875. The van der Waals surface area contributed by atoms with Gasteiger partial charge in [-0.05, 0) is 24.6 Å². The summed E-state index contributed by atoms with van der Waals surface area (Å²) in [5.74, 6) is 1.76. The van der Waals surface area contributed by atoms with E-state index in [1.165, 1.54) is 11.1 Å². The summed E-state index contributed by atoms with van der Waals surface area (Å²) in [6, 6.07) is 14.0. The zero-order valence-corrected chi connectivity index (χ0v) is 14.8. The fourth-order valence-electron chi connectivity index (χ4n) is 3.08. The molecular formula is C21H23NO3. The Balaban J connectivity index is 1.86. The second-order valence-corrected chi connectivity index (χ2v) is 6.32. The molecular weight excluding hydrogens is 314 g/mol. The van der Waals surface area contributed by atoms with E-state index >= 15 is 0 Å². The van der Waals surface area contributed by atoms with Crippen molar-refractivity contribution in [2.75, 3.05) is 19.5 Å². The summed E-state index contributed by atoms with van der Waals surface area (Å²) in [5.41, 5.74) is 4.12. The van der Waals surface area contributed by atoms with E-state index in [1.54, 1.807) is 14.2 Å². The highest BCUT2D eigenvalue weighted by Gasteiger charge is 2.22. The van der Waals surface area contributed by atoms with E-state index in [0.717, 1.165) is 17.1 Å². The van der Waals surface area contributed by atoms with Crippen LogP contribution in [0, 0.1) is 6.92 Å². The number of ketones is 1. The molecule has 0 radical (unpaired) electrons. The van der Waals surface area contributed by atoms with Gasteiger partial charge in [-0.15, -0.1) is 0 Å². The topological polar surface area (TPSA) is 47.6 Å². The number of benzene rings is 2. The number of aryl methyl sites for hydroxylation is 1. The van der Waals surface area contributed by atoms with Crippen LogP contribution in [-0.4, -0.2) is 20.0 Å². The van der Waals surface area contributed by atoms with Crippen molar-refractivity contribution in [3.8, 4) is 11.5 Å². The first-order valence-corrected chi connectivity index (χ1v) is 8.37. The fraction of sp³-hybridized carbons (Fsp3) is 0.286. The summed E-state index contributed by atoms with van der Waals surface area (Å²) in [7, 11) is 3.24. The first-order valence-electron chi connectivity index (χ1n) is 8.37. The van der Waals surface area contributed by atoms with Gasteiger partial charge in [0.2, 0.25) is 0 Å². The minimum absolute atomic E-state index is 0.105. The van der Waals surface area contributed by atoms with Crippen LogP contribution in [-0.2, 0) is 4.79 Å². The van der Waals surface area contributed by atoms with E-state index in [1.807, 2.05) is 18.2 Å². The summed E-state index contributed by atoms with van der Waals surface area (Å²) in [5, 5.41) is 3.35. The molecule has 25 heavy (non-hydrogen) atoms. The molecule has 2 aromatic rings. The van der Waals surface area contributed by atoms with E-state index in [0.29, 0.717) is 18.6 Å². The number of methoxy groups -OCH3 is 2. The van der Waals surface area contributed by atoms with Gasteiger partial charge in [-0.2, -0.15) is 0 Å². The smallest absolute Gasteiger partial charge is 0.145 e. The highest BCUT2D eigenvalue weighted by Crippen LogP contribution is 2.34. The fourth-order valence-corrected chi connectivity index (χ4v) is 3.08. The number of hydrogen-bond acceptors (Lipinski definition) is 4.